The fraction of sp³-hybridized carbons (Fsp3) is 0.900. The van der Waals surface area contributed by atoms with Gasteiger partial charge < -0.3 is 9.64 Å². The number of fused-ring (bicyclic) bond motifs is 2. The van der Waals surface area contributed by atoms with Crippen LogP contribution in [0.1, 0.15) is 26.7 Å². The van der Waals surface area contributed by atoms with Gasteiger partial charge in [0.25, 0.3) is 0 Å². The molecule has 2 aliphatic rings. The summed E-state index contributed by atoms with van der Waals surface area (Å²) in [7, 11) is 0. The molecule has 2 heterocycles. The van der Waals surface area contributed by atoms with E-state index in [0.717, 1.165) is 19.6 Å². The van der Waals surface area contributed by atoms with E-state index in [1.54, 1.807) is 0 Å². The van der Waals surface area contributed by atoms with Gasteiger partial charge in [0.1, 0.15) is 0 Å². The fourth-order valence-corrected chi connectivity index (χ4v) is 2.17. The summed E-state index contributed by atoms with van der Waals surface area (Å²) in [5.41, 5.74) is 0. The number of carbonyl (C=O) groups is 1. The number of hydrogen-bond donors (Lipinski definition) is 0. The van der Waals surface area contributed by atoms with Gasteiger partial charge in [-0.25, -0.2) is 0 Å². The Morgan fingerprint density at radius 3 is 2.85 bits per heavy atom. The van der Waals surface area contributed by atoms with Crippen LogP contribution in [0.2, 0.25) is 0 Å². The predicted molar refractivity (Wildman–Crippen MR) is 49.3 cm³/mol. The Hall–Kier alpha value is -0.570. The van der Waals surface area contributed by atoms with Crippen LogP contribution in [0.3, 0.4) is 0 Å². The van der Waals surface area contributed by atoms with Gasteiger partial charge in [0.2, 0.25) is 5.91 Å². The van der Waals surface area contributed by atoms with Crippen molar-refractivity contribution < 1.29 is 9.53 Å². The van der Waals surface area contributed by atoms with E-state index in [0.29, 0.717) is 30.4 Å². The van der Waals surface area contributed by atoms with Crippen molar-refractivity contribution >= 4 is 5.91 Å². The molecule has 0 aromatic carbocycles. The van der Waals surface area contributed by atoms with Gasteiger partial charge in [0.15, 0.2) is 0 Å². The summed E-state index contributed by atoms with van der Waals surface area (Å²) in [4.78, 5) is 13.7. The summed E-state index contributed by atoms with van der Waals surface area (Å²) in [5, 5.41) is 0. The highest BCUT2D eigenvalue weighted by Crippen LogP contribution is 2.28. The normalized spacial score (nSPS) is 31.8. The molecule has 0 N–H and O–H groups in total. The lowest BCUT2D eigenvalue weighted by molar-refractivity contribution is -0.136. The van der Waals surface area contributed by atoms with E-state index < -0.39 is 0 Å². The van der Waals surface area contributed by atoms with E-state index in [4.69, 9.17) is 4.74 Å². The molecule has 3 heteroatoms. The molecular formula is C10H17NO2. The van der Waals surface area contributed by atoms with Gasteiger partial charge in [-0.1, -0.05) is 13.8 Å². The number of nitrogens with zero attached hydrogens (tertiary/aromatic N) is 1. The number of amides is 1. The van der Waals surface area contributed by atoms with Crippen LogP contribution in [0.25, 0.3) is 0 Å². The van der Waals surface area contributed by atoms with Crippen molar-refractivity contribution in [2.45, 2.75) is 38.8 Å². The van der Waals surface area contributed by atoms with E-state index in [2.05, 4.69) is 13.8 Å². The average molecular weight is 183 g/mol. The lowest BCUT2D eigenvalue weighted by Gasteiger charge is -2.27. The van der Waals surface area contributed by atoms with Gasteiger partial charge in [0.05, 0.1) is 18.8 Å². The predicted octanol–water partition coefficient (Wildman–Crippen LogP) is 1.03. The zero-order valence-corrected chi connectivity index (χ0v) is 8.32. The standard InChI is InChI=1S/C10H17NO2/c1-7(2)3-10(12)11-5-9-4-8(11)6-13-9/h7-9H,3-6H2,1-2H3/t8-,9?/m1/s1. The smallest absolute Gasteiger partial charge is 0.223 e. The van der Waals surface area contributed by atoms with E-state index in [1.807, 2.05) is 4.90 Å². The van der Waals surface area contributed by atoms with E-state index in [9.17, 15) is 4.79 Å². The summed E-state index contributed by atoms with van der Waals surface area (Å²) in [6, 6.07) is 0.385. The van der Waals surface area contributed by atoms with Crippen molar-refractivity contribution in [3.05, 3.63) is 0 Å². The lowest BCUT2D eigenvalue weighted by Crippen LogP contribution is -2.41. The van der Waals surface area contributed by atoms with Crippen molar-refractivity contribution in [1.82, 2.24) is 4.90 Å². The largest absolute Gasteiger partial charge is 0.374 e. The Morgan fingerprint density at radius 1 is 1.62 bits per heavy atom. The van der Waals surface area contributed by atoms with Crippen molar-refractivity contribution in [3.8, 4) is 0 Å². The molecule has 2 fully saturated rings. The second-order valence-corrected chi connectivity index (χ2v) is 4.49. The number of ether oxygens (including phenoxy) is 1. The summed E-state index contributed by atoms with van der Waals surface area (Å²) >= 11 is 0. The molecule has 0 radical (unpaired) electrons. The van der Waals surface area contributed by atoms with E-state index >= 15 is 0 Å². The van der Waals surface area contributed by atoms with Crippen LogP contribution in [0, 0.1) is 5.92 Å². The first-order chi connectivity index (χ1) is 6.16. The molecule has 0 aromatic heterocycles. The number of rotatable bonds is 2. The molecule has 2 bridgehead atoms. The highest BCUT2D eigenvalue weighted by Gasteiger charge is 2.41. The Morgan fingerprint density at radius 2 is 2.38 bits per heavy atom. The number of carbonyl (C=O) groups excluding carboxylic acids is 1. The van der Waals surface area contributed by atoms with Gasteiger partial charge in [0, 0.05) is 13.0 Å². The van der Waals surface area contributed by atoms with Crippen LogP contribution in [0.5, 0.6) is 0 Å². The van der Waals surface area contributed by atoms with Crippen molar-refractivity contribution in [2.24, 2.45) is 5.92 Å². The third-order valence-electron chi connectivity index (χ3n) is 2.80. The summed E-state index contributed by atoms with van der Waals surface area (Å²) in [5.74, 6) is 0.776. The minimum Gasteiger partial charge on any atom is -0.374 e. The van der Waals surface area contributed by atoms with E-state index in [-0.39, 0.29) is 0 Å². The Bertz CT molecular complexity index is 215. The van der Waals surface area contributed by atoms with Crippen LogP contribution in [0.4, 0.5) is 0 Å². The second-order valence-electron chi connectivity index (χ2n) is 4.49. The third-order valence-corrected chi connectivity index (χ3v) is 2.80. The maximum atomic E-state index is 11.7. The van der Waals surface area contributed by atoms with Crippen LogP contribution >= 0.6 is 0 Å². The molecule has 1 amide bonds. The fourth-order valence-electron chi connectivity index (χ4n) is 2.17. The summed E-state index contributed by atoms with van der Waals surface area (Å²) in [6.07, 6.45) is 2.08. The van der Waals surface area contributed by atoms with Gasteiger partial charge in [-0.15, -0.1) is 0 Å². The monoisotopic (exact) mass is 183 g/mol. The highest BCUT2D eigenvalue weighted by molar-refractivity contribution is 5.77. The SMILES string of the molecule is CC(C)CC(=O)N1CC2C[C@@H]1CO2. The molecular weight excluding hydrogens is 166 g/mol. The summed E-state index contributed by atoms with van der Waals surface area (Å²) < 4.78 is 5.44. The highest BCUT2D eigenvalue weighted by atomic mass is 16.5. The molecule has 74 valence electrons. The third kappa shape index (κ3) is 1.70. The molecule has 2 atom stereocenters. The molecule has 2 aliphatic heterocycles. The molecule has 2 rings (SSSR count). The van der Waals surface area contributed by atoms with Crippen molar-refractivity contribution in [3.63, 3.8) is 0 Å². The Kier molecular flexibility index (Phi) is 2.28. The number of morpholine rings is 1. The molecule has 0 saturated carbocycles. The maximum absolute atomic E-state index is 11.7. The number of likely N-dealkylation sites (tertiary alicyclic amines) is 1. The summed E-state index contributed by atoms with van der Waals surface area (Å²) in [6.45, 7) is 5.76. The second kappa shape index (κ2) is 3.29. The minimum absolute atomic E-state index is 0.311. The van der Waals surface area contributed by atoms with Gasteiger partial charge >= 0.3 is 0 Å². The maximum Gasteiger partial charge on any atom is 0.223 e. The first kappa shape index (κ1) is 9.00. The zero-order chi connectivity index (χ0) is 9.42. The molecule has 0 aromatic rings. The van der Waals surface area contributed by atoms with Crippen LogP contribution < -0.4 is 0 Å². The van der Waals surface area contributed by atoms with Gasteiger partial charge in [-0.2, -0.15) is 0 Å². The number of hydrogen-bond acceptors (Lipinski definition) is 2. The zero-order valence-electron chi connectivity index (χ0n) is 8.32. The average Bonchev–Trinajstić information content (AvgIpc) is 2.62. The topological polar surface area (TPSA) is 29.5 Å². The molecule has 2 saturated heterocycles. The Labute approximate surface area is 79.0 Å². The van der Waals surface area contributed by atoms with Crippen molar-refractivity contribution in [1.29, 1.82) is 0 Å². The minimum atomic E-state index is 0.311. The van der Waals surface area contributed by atoms with Gasteiger partial charge in [-0.3, -0.25) is 4.79 Å². The quantitative estimate of drug-likeness (QED) is 0.640. The molecule has 1 unspecified atom stereocenters. The van der Waals surface area contributed by atoms with Gasteiger partial charge in [-0.05, 0) is 12.3 Å². The first-order valence-electron chi connectivity index (χ1n) is 5.08. The molecule has 13 heavy (non-hydrogen) atoms. The van der Waals surface area contributed by atoms with Crippen LogP contribution in [-0.4, -0.2) is 36.1 Å². The first-order valence-corrected chi connectivity index (χ1v) is 5.08. The molecule has 3 nitrogen and oxygen atoms in total. The van der Waals surface area contributed by atoms with E-state index in [1.165, 1.54) is 0 Å². The molecule has 0 aliphatic carbocycles. The van der Waals surface area contributed by atoms with Crippen molar-refractivity contribution in [2.75, 3.05) is 13.2 Å². The van der Waals surface area contributed by atoms with Crippen LogP contribution in [0.15, 0.2) is 0 Å². The molecule has 0 spiro atoms. The lowest BCUT2D eigenvalue weighted by atomic mass is 10.1. The van der Waals surface area contributed by atoms with Crippen LogP contribution in [-0.2, 0) is 9.53 Å². The Balaban J connectivity index is 1.91.